The molecule has 1 heterocycles. The van der Waals surface area contributed by atoms with Crippen molar-refractivity contribution >= 4 is 5.96 Å². The molecule has 1 saturated carbocycles. The molecule has 4 nitrogen and oxygen atoms in total. The summed E-state index contributed by atoms with van der Waals surface area (Å²) in [5.74, 6) is 0.898. The number of nitrogens with zero attached hydrogens (tertiary/aromatic N) is 1. The lowest BCUT2D eigenvalue weighted by molar-refractivity contribution is -0.0971. The van der Waals surface area contributed by atoms with Crippen LogP contribution in [0.2, 0.25) is 0 Å². The molecule has 1 aliphatic carbocycles. The van der Waals surface area contributed by atoms with Crippen LogP contribution >= 0.6 is 0 Å². The minimum absolute atomic E-state index is 0.255. The Balaban J connectivity index is 1.55. The van der Waals surface area contributed by atoms with Crippen molar-refractivity contribution in [1.29, 1.82) is 0 Å². The van der Waals surface area contributed by atoms with Gasteiger partial charge in [-0.15, -0.1) is 0 Å². The Kier molecular flexibility index (Phi) is 4.39. The number of aliphatic imine (C=N–C) groups is 1. The van der Waals surface area contributed by atoms with Gasteiger partial charge in [-0.05, 0) is 18.4 Å². The van der Waals surface area contributed by atoms with Crippen molar-refractivity contribution in [3.63, 3.8) is 0 Å². The first-order valence-corrected chi connectivity index (χ1v) is 8.24. The molecule has 2 fully saturated rings. The molecule has 1 saturated heterocycles. The van der Waals surface area contributed by atoms with Gasteiger partial charge in [-0.1, -0.05) is 43.7 Å². The molecule has 4 heteroatoms. The highest BCUT2D eigenvalue weighted by molar-refractivity contribution is 5.79. The third kappa shape index (κ3) is 3.12. The number of benzene rings is 1. The minimum atomic E-state index is 0.255. The van der Waals surface area contributed by atoms with Gasteiger partial charge in [-0.3, -0.25) is 4.99 Å². The summed E-state index contributed by atoms with van der Waals surface area (Å²) in [6.07, 6.45) is 3.83. The molecule has 0 aromatic heterocycles. The number of rotatable bonds is 5. The summed E-state index contributed by atoms with van der Waals surface area (Å²) in [7, 11) is 1.84. The summed E-state index contributed by atoms with van der Waals surface area (Å²) in [4.78, 5) is 4.36. The van der Waals surface area contributed by atoms with Crippen LogP contribution < -0.4 is 10.6 Å². The van der Waals surface area contributed by atoms with E-state index in [-0.39, 0.29) is 10.8 Å². The van der Waals surface area contributed by atoms with Crippen LogP contribution in [-0.4, -0.2) is 39.3 Å². The second-order valence-corrected chi connectivity index (χ2v) is 7.08. The maximum atomic E-state index is 5.30. The molecule has 0 amide bonds. The van der Waals surface area contributed by atoms with Crippen molar-refractivity contribution in [1.82, 2.24) is 10.6 Å². The SMILES string of the molecule is CN=C(NCC1(C)COC1)NCC1(c2ccccc2)CCC1. The smallest absolute Gasteiger partial charge is 0.191 e. The van der Waals surface area contributed by atoms with Crippen LogP contribution in [0.3, 0.4) is 0 Å². The lowest BCUT2D eigenvalue weighted by Crippen LogP contribution is -2.53. The molecular weight excluding hydrogens is 274 g/mol. The Labute approximate surface area is 133 Å². The third-order valence-electron chi connectivity index (χ3n) is 5.10. The van der Waals surface area contributed by atoms with Crippen LogP contribution in [0.25, 0.3) is 0 Å². The van der Waals surface area contributed by atoms with E-state index >= 15 is 0 Å². The lowest BCUT2D eigenvalue weighted by atomic mass is 9.64. The predicted molar refractivity (Wildman–Crippen MR) is 90.3 cm³/mol. The fourth-order valence-corrected chi connectivity index (χ4v) is 3.29. The maximum absolute atomic E-state index is 5.30. The minimum Gasteiger partial charge on any atom is -0.380 e. The summed E-state index contributed by atoms with van der Waals surface area (Å²) >= 11 is 0. The first-order valence-electron chi connectivity index (χ1n) is 8.24. The van der Waals surface area contributed by atoms with E-state index in [1.54, 1.807) is 0 Å². The standard InChI is InChI=1S/C18H27N3O/c1-17(13-22-14-17)11-20-16(19-2)21-12-18(9-6-10-18)15-7-4-3-5-8-15/h3-5,7-8H,6,9-14H2,1-2H3,(H2,19,20,21). The first kappa shape index (κ1) is 15.3. The highest BCUT2D eigenvalue weighted by Crippen LogP contribution is 2.43. The second-order valence-electron chi connectivity index (χ2n) is 7.08. The summed E-state index contributed by atoms with van der Waals surface area (Å²) in [6, 6.07) is 10.9. The zero-order valence-corrected chi connectivity index (χ0v) is 13.7. The molecule has 0 unspecified atom stereocenters. The number of guanidine groups is 1. The average Bonchev–Trinajstić information content (AvgIpc) is 2.48. The van der Waals surface area contributed by atoms with Crippen molar-refractivity contribution in [2.45, 2.75) is 31.6 Å². The zero-order chi connectivity index (χ0) is 15.5. The summed E-state index contributed by atoms with van der Waals surface area (Å²) < 4.78 is 5.30. The van der Waals surface area contributed by atoms with Gasteiger partial charge in [0.2, 0.25) is 0 Å². The van der Waals surface area contributed by atoms with Gasteiger partial charge in [-0.2, -0.15) is 0 Å². The van der Waals surface area contributed by atoms with Gasteiger partial charge < -0.3 is 15.4 Å². The molecule has 3 rings (SSSR count). The van der Waals surface area contributed by atoms with E-state index in [4.69, 9.17) is 4.74 Å². The van der Waals surface area contributed by atoms with Gasteiger partial charge in [0.25, 0.3) is 0 Å². The first-order chi connectivity index (χ1) is 10.7. The van der Waals surface area contributed by atoms with Crippen molar-refractivity contribution in [3.8, 4) is 0 Å². The maximum Gasteiger partial charge on any atom is 0.191 e. The van der Waals surface area contributed by atoms with Gasteiger partial charge in [0.1, 0.15) is 0 Å². The summed E-state index contributed by atoms with van der Waals surface area (Å²) in [5, 5.41) is 6.97. The predicted octanol–water partition coefficient (Wildman–Crippen LogP) is 2.31. The van der Waals surface area contributed by atoms with E-state index in [1.165, 1.54) is 24.8 Å². The van der Waals surface area contributed by atoms with Crippen LogP contribution in [0.4, 0.5) is 0 Å². The summed E-state index contributed by atoms with van der Waals surface area (Å²) in [5.41, 5.74) is 1.98. The van der Waals surface area contributed by atoms with Crippen LogP contribution in [0.5, 0.6) is 0 Å². The molecule has 22 heavy (non-hydrogen) atoms. The number of ether oxygens (including phenoxy) is 1. The Hall–Kier alpha value is -1.55. The quantitative estimate of drug-likeness (QED) is 0.648. The fraction of sp³-hybridized carbons (Fsp3) is 0.611. The van der Waals surface area contributed by atoms with Gasteiger partial charge in [-0.25, -0.2) is 0 Å². The van der Waals surface area contributed by atoms with Gasteiger partial charge >= 0.3 is 0 Å². The molecule has 0 atom stereocenters. The second kappa shape index (κ2) is 6.29. The molecule has 120 valence electrons. The lowest BCUT2D eigenvalue weighted by Gasteiger charge is -2.43. The van der Waals surface area contributed by atoms with Crippen molar-refractivity contribution < 1.29 is 4.74 Å². The molecule has 0 bridgehead atoms. The molecule has 2 N–H and O–H groups in total. The fourth-order valence-electron chi connectivity index (χ4n) is 3.29. The Morgan fingerprint density at radius 3 is 2.32 bits per heavy atom. The topological polar surface area (TPSA) is 45.7 Å². The Bertz CT molecular complexity index is 518. The highest BCUT2D eigenvalue weighted by Gasteiger charge is 2.38. The molecule has 1 aromatic rings. The monoisotopic (exact) mass is 301 g/mol. The normalized spacial score (nSPS) is 22.4. The molecule has 1 aromatic carbocycles. The number of hydrogen-bond acceptors (Lipinski definition) is 2. The van der Waals surface area contributed by atoms with E-state index in [0.717, 1.165) is 32.3 Å². The molecule has 0 radical (unpaired) electrons. The van der Waals surface area contributed by atoms with Gasteiger partial charge in [0, 0.05) is 31.0 Å². The van der Waals surface area contributed by atoms with Crippen molar-refractivity contribution in [3.05, 3.63) is 35.9 Å². The molecule has 1 aliphatic heterocycles. The molecule has 0 spiro atoms. The van der Waals surface area contributed by atoms with Crippen LogP contribution in [0.1, 0.15) is 31.7 Å². The van der Waals surface area contributed by atoms with E-state index in [0.29, 0.717) is 0 Å². The zero-order valence-electron chi connectivity index (χ0n) is 13.7. The van der Waals surface area contributed by atoms with Gasteiger partial charge in [0.05, 0.1) is 13.2 Å². The van der Waals surface area contributed by atoms with Crippen molar-refractivity contribution in [2.75, 3.05) is 33.4 Å². The van der Waals surface area contributed by atoms with E-state index in [1.807, 2.05) is 7.05 Å². The van der Waals surface area contributed by atoms with Gasteiger partial charge in [0.15, 0.2) is 5.96 Å². The van der Waals surface area contributed by atoms with E-state index in [2.05, 4.69) is 52.9 Å². The van der Waals surface area contributed by atoms with Crippen molar-refractivity contribution in [2.24, 2.45) is 10.4 Å². The third-order valence-corrected chi connectivity index (χ3v) is 5.10. The molecule has 2 aliphatic rings. The number of hydrogen-bond donors (Lipinski definition) is 2. The van der Waals surface area contributed by atoms with Crippen LogP contribution in [0.15, 0.2) is 35.3 Å². The average molecular weight is 301 g/mol. The Morgan fingerprint density at radius 1 is 1.14 bits per heavy atom. The summed E-state index contributed by atoms with van der Waals surface area (Å²) in [6.45, 7) is 5.78. The Morgan fingerprint density at radius 2 is 1.82 bits per heavy atom. The highest BCUT2D eigenvalue weighted by atomic mass is 16.5. The largest absolute Gasteiger partial charge is 0.380 e. The number of nitrogens with one attached hydrogen (secondary N) is 2. The van der Waals surface area contributed by atoms with E-state index in [9.17, 15) is 0 Å². The van der Waals surface area contributed by atoms with E-state index < -0.39 is 0 Å². The molecular formula is C18H27N3O. The van der Waals surface area contributed by atoms with Crippen LogP contribution in [0, 0.1) is 5.41 Å². The van der Waals surface area contributed by atoms with Crippen LogP contribution in [-0.2, 0) is 10.2 Å².